The van der Waals surface area contributed by atoms with Crippen molar-refractivity contribution >= 4 is 24.7 Å². The second kappa shape index (κ2) is 4.92. The van der Waals surface area contributed by atoms with Gasteiger partial charge in [0.25, 0.3) is 5.56 Å². The fourth-order valence-electron chi connectivity index (χ4n) is 2.39. The van der Waals surface area contributed by atoms with E-state index in [4.69, 9.17) is 20.3 Å². The number of nitrogens with two attached hydrogens (primary N) is 1. The summed E-state index contributed by atoms with van der Waals surface area (Å²) in [5, 5.41) is 0. The molecule has 0 bridgehead atoms. The molecule has 0 amide bonds. The van der Waals surface area contributed by atoms with E-state index in [2.05, 4.69) is 15.0 Å². The highest BCUT2D eigenvalue weighted by Crippen LogP contribution is 2.48. The predicted molar refractivity (Wildman–Crippen MR) is 72.5 cm³/mol. The van der Waals surface area contributed by atoms with Crippen molar-refractivity contribution in [2.75, 3.05) is 5.73 Å². The number of H-pyrrole nitrogens is 1. The fraction of sp³-hybridized carbons (Fsp3) is 0.500. The van der Waals surface area contributed by atoms with Crippen LogP contribution in [0.5, 0.6) is 0 Å². The molecule has 1 aliphatic rings. The molecule has 3 rings (SSSR count). The van der Waals surface area contributed by atoms with Crippen LogP contribution < -0.4 is 11.3 Å². The average molecular weight is 315 g/mol. The molecule has 0 spiro atoms. The van der Waals surface area contributed by atoms with Crippen molar-refractivity contribution in [2.24, 2.45) is 0 Å². The van der Waals surface area contributed by atoms with Crippen molar-refractivity contribution in [1.29, 1.82) is 0 Å². The first-order valence-corrected chi connectivity index (χ1v) is 7.94. The van der Waals surface area contributed by atoms with Crippen LogP contribution in [0.4, 0.5) is 5.95 Å². The van der Waals surface area contributed by atoms with Crippen LogP contribution >= 0.6 is 7.60 Å². The summed E-state index contributed by atoms with van der Waals surface area (Å²) in [5.41, 5.74) is 5.54. The van der Waals surface area contributed by atoms with E-state index in [9.17, 15) is 9.36 Å². The van der Waals surface area contributed by atoms with Crippen LogP contribution in [-0.2, 0) is 15.8 Å². The molecule has 1 aliphatic heterocycles. The molecule has 2 atom stereocenters. The van der Waals surface area contributed by atoms with Gasteiger partial charge in [0, 0.05) is 0 Å². The van der Waals surface area contributed by atoms with E-state index < -0.39 is 19.0 Å². The third-order valence-electron chi connectivity index (χ3n) is 3.35. The topological polar surface area (TPSA) is 156 Å². The molecule has 1 unspecified atom stereocenters. The van der Waals surface area contributed by atoms with E-state index in [0.717, 1.165) is 0 Å². The van der Waals surface area contributed by atoms with Crippen molar-refractivity contribution in [3.8, 4) is 0 Å². The van der Waals surface area contributed by atoms with Gasteiger partial charge >= 0.3 is 7.60 Å². The molecule has 0 radical (unpaired) electrons. The van der Waals surface area contributed by atoms with Gasteiger partial charge in [-0.15, -0.1) is 0 Å². The SMILES string of the molecule is Nc1nc2c(ncn2C[C@H]2CCC(P(=O)(O)O)O2)c(=O)[nH]1. The van der Waals surface area contributed by atoms with Gasteiger partial charge in [-0.2, -0.15) is 4.98 Å². The van der Waals surface area contributed by atoms with Gasteiger partial charge in [0.1, 0.15) is 0 Å². The molecule has 10 nitrogen and oxygen atoms in total. The largest absolute Gasteiger partial charge is 0.369 e. The minimum absolute atomic E-state index is 0.0188. The lowest BCUT2D eigenvalue weighted by atomic mass is 10.2. The average Bonchev–Trinajstić information content (AvgIpc) is 2.97. The number of nitrogens with zero attached hydrogens (tertiary/aromatic N) is 3. The zero-order valence-corrected chi connectivity index (χ0v) is 11.7. The number of nitrogen functional groups attached to an aromatic ring is 1. The van der Waals surface area contributed by atoms with E-state index in [1.165, 1.54) is 6.33 Å². The Morgan fingerprint density at radius 3 is 2.95 bits per heavy atom. The quantitative estimate of drug-likeness (QED) is 0.546. The molecule has 1 fully saturated rings. The molecule has 114 valence electrons. The van der Waals surface area contributed by atoms with Gasteiger partial charge in [0.2, 0.25) is 5.95 Å². The normalized spacial score (nSPS) is 23.0. The molecule has 3 heterocycles. The lowest BCUT2D eigenvalue weighted by Gasteiger charge is -2.15. The Bertz CT molecular complexity index is 780. The van der Waals surface area contributed by atoms with Crippen LogP contribution in [0.3, 0.4) is 0 Å². The third kappa shape index (κ3) is 2.70. The van der Waals surface area contributed by atoms with E-state index in [-0.39, 0.29) is 24.0 Å². The van der Waals surface area contributed by atoms with Gasteiger partial charge in [-0.25, -0.2) is 4.98 Å². The second-order valence-corrected chi connectivity index (χ2v) is 6.65. The van der Waals surface area contributed by atoms with Crippen molar-refractivity contribution in [1.82, 2.24) is 19.5 Å². The molecular formula is C10H14N5O5P. The maximum absolute atomic E-state index is 11.6. The van der Waals surface area contributed by atoms with Crippen molar-refractivity contribution < 1.29 is 19.1 Å². The zero-order valence-electron chi connectivity index (χ0n) is 10.8. The molecule has 0 saturated carbocycles. The van der Waals surface area contributed by atoms with Crippen LogP contribution in [0.25, 0.3) is 11.2 Å². The molecule has 5 N–H and O–H groups in total. The highest BCUT2D eigenvalue weighted by atomic mass is 31.2. The van der Waals surface area contributed by atoms with E-state index in [1.807, 2.05) is 0 Å². The number of nitrogens with one attached hydrogen (secondary N) is 1. The fourth-order valence-corrected chi connectivity index (χ4v) is 3.21. The lowest BCUT2D eigenvalue weighted by molar-refractivity contribution is 0.0621. The summed E-state index contributed by atoms with van der Waals surface area (Å²) in [5.74, 6) is -1.09. The summed E-state index contributed by atoms with van der Waals surface area (Å²) in [4.78, 5) is 40.2. The Labute approximate surface area is 118 Å². The first kappa shape index (κ1) is 14.2. The number of imidazole rings is 1. The first-order chi connectivity index (χ1) is 9.84. The summed E-state index contributed by atoms with van der Waals surface area (Å²) in [6.07, 6.45) is 1.86. The highest BCUT2D eigenvalue weighted by Gasteiger charge is 2.37. The van der Waals surface area contributed by atoms with Gasteiger partial charge in [-0.1, -0.05) is 0 Å². The Kier molecular flexibility index (Phi) is 3.33. The number of anilines is 1. The van der Waals surface area contributed by atoms with Crippen LogP contribution in [-0.4, -0.2) is 41.3 Å². The van der Waals surface area contributed by atoms with E-state index in [1.54, 1.807) is 4.57 Å². The molecular weight excluding hydrogens is 301 g/mol. The molecule has 2 aromatic heterocycles. The third-order valence-corrected chi connectivity index (χ3v) is 4.48. The Morgan fingerprint density at radius 1 is 1.52 bits per heavy atom. The highest BCUT2D eigenvalue weighted by molar-refractivity contribution is 7.52. The smallest absolute Gasteiger partial charge is 0.354 e. The number of hydrogen-bond donors (Lipinski definition) is 4. The zero-order chi connectivity index (χ0) is 15.2. The number of ether oxygens (including phenoxy) is 1. The first-order valence-electron chi connectivity index (χ1n) is 6.26. The standard InChI is InChI=1S/C10H14N5O5P/c11-10-13-8-7(9(16)14-10)12-4-15(8)3-5-1-2-6(20-5)21(17,18)19/h4-6H,1-3H2,(H2,17,18,19)(H3,11,13,14,16)/t5-,6?/m1/s1. The monoisotopic (exact) mass is 315 g/mol. The predicted octanol–water partition coefficient (Wildman–Crippen LogP) is -0.615. The number of fused-ring (bicyclic) bond motifs is 1. The maximum atomic E-state index is 11.6. The number of rotatable bonds is 3. The maximum Gasteiger partial charge on any atom is 0.354 e. The number of aromatic amines is 1. The number of aromatic nitrogens is 4. The van der Waals surface area contributed by atoms with Crippen molar-refractivity contribution in [3.05, 3.63) is 16.7 Å². The second-order valence-electron chi connectivity index (χ2n) is 4.90. The van der Waals surface area contributed by atoms with Crippen LogP contribution in [0.15, 0.2) is 11.1 Å². The molecule has 0 aromatic carbocycles. The minimum Gasteiger partial charge on any atom is -0.369 e. The number of hydrogen-bond acceptors (Lipinski definition) is 6. The van der Waals surface area contributed by atoms with Crippen molar-refractivity contribution in [2.45, 2.75) is 31.3 Å². The van der Waals surface area contributed by atoms with Crippen LogP contribution in [0.2, 0.25) is 0 Å². The molecule has 0 aliphatic carbocycles. The summed E-state index contributed by atoms with van der Waals surface area (Å²) in [6.45, 7) is 0.295. The molecule has 21 heavy (non-hydrogen) atoms. The lowest BCUT2D eigenvalue weighted by Crippen LogP contribution is -2.18. The summed E-state index contributed by atoms with van der Waals surface area (Å²) in [7, 11) is -4.24. The van der Waals surface area contributed by atoms with E-state index >= 15 is 0 Å². The summed E-state index contributed by atoms with van der Waals surface area (Å²) >= 11 is 0. The Balaban J connectivity index is 1.84. The Hall–Kier alpha value is -1.74. The summed E-state index contributed by atoms with van der Waals surface area (Å²) < 4.78 is 18.1. The van der Waals surface area contributed by atoms with Gasteiger partial charge in [-0.3, -0.25) is 14.3 Å². The van der Waals surface area contributed by atoms with Crippen LogP contribution in [0.1, 0.15) is 12.8 Å². The van der Waals surface area contributed by atoms with Gasteiger partial charge < -0.3 is 24.8 Å². The van der Waals surface area contributed by atoms with Crippen LogP contribution in [0, 0.1) is 0 Å². The van der Waals surface area contributed by atoms with Gasteiger partial charge in [0.15, 0.2) is 17.0 Å². The molecule has 1 saturated heterocycles. The summed E-state index contributed by atoms with van der Waals surface area (Å²) in [6, 6.07) is 0. The molecule has 2 aromatic rings. The molecule has 11 heteroatoms. The van der Waals surface area contributed by atoms with Gasteiger partial charge in [0.05, 0.1) is 19.0 Å². The Morgan fingerprint density at radius 2 is 2.29 bits per heavy atom. The van der Waals surface area contributed by atoms with E-state index in [0.29, 0.717) is 18.6 Å². The minimum atomic E-state index is -4.24. The van der Waals surface area contributed by atoms with Crippen molar-refractivity contribution in [3.63, 3.8) is 0 Å². The van der Waals surface area contributed by atoms with Gasteiger partial charge in [-0.05, 0) is 12.8 Å².